The fourth-order valence-electron chi connectivity index (χ4n) is 1.51. The van der Waals surface area contributed by atoms with Crippen LogP contribution >= 0.6 is 0 Å². The molecule has 0 atom stereocenters. The quantitative estimate of drug-likeness (QED) is 0.739. The van der Waals surface area contributed by atoms with E-state index in [1.54, 1.807) is 7.11 Å². The molecule has 0 saturated heterocycles. The zero-order valence-corrected chi connectivity index (χ0v) is 10.7. The van der Waals surface area contributed by atoms with Gasteiger partial charge < -0.3 is 15.2 Å². The van der Waals surface area contributed by atoms with E-state index in [-0.39, 0.29) is 0 Å². The highest BCUT2D eigenvalue weighted by Crippen LogP contribution is 2.24. The molecule has 3 heteroatoms. The minimum absolute atomic E-state index is 0.601. The van der Waals surface area contributed by atoms with Crippen LogP contribution in [-0.2, 0) is 6.42 Å². The molecule has 0 saturated carbocycles. The molecule has 17 heavy (non-hydrogen) atoms. The van der Waals surface area contributed by atoms with Gasteiger partial charge in [-0.15, -0.1) is 6.58 Å². The van der Waals surface area contributed by atoms with Gasteiger partial charge in [-0.25, -0.2) is 0 Å². The lowest BCUT2D eigenvalue weighted by Crippen LogP contribution is -2.06. The van der Waals surface area contributed by atoms with Gasteiger partial charge in [-0.3, -0.25) is 0 Å². The maximum Gasteiger partial charge on any atom is 0.122 e. The first kappa shape index (κ1) is 13.6. The van der Waals surface area contributed by atoms with Gasteiger partial charge >= 0.3 is 0 Å². The second-order valence-corrected chi connectivity index (χ2v) is 4.07. The van der Waals surface area contributed by atoms with Crippen LogP contribution in [0.5, 0.6) is 11.5 Å². The largest absolute Gasteiger partial charge is 0.497 e. The van der Waals surface area contributed by atoms with Crippen molar-refractivity contribution < 1.29 is 9.47 Å². The van der Waals surface area contributed by atoms with Crippen LogP contribution < -0.4 is 15.2 Å². The van der Waals surface area contributed by atoms with Crippen molar-refractivity contribution in [2.75, 3.05) is 20.3 Å². The van der Waals surface area contributed by atoms with Crippen LogP contribution in [0.2, 0.25) is 0 Å². The van der Waals surface area contributed by atoms with E-state index in [4.69, 9.17) is 15.2 Å². The SMILES string of the molecule is C=C(C)CCOc1ccc(OC)cc1CCN. The van der Waals surface area contributed by atoms with Crippen molar-refractivity contribution >= 4 is 0 Å². The molecule has 1 aromatic rings. The van der Waals surface area contributed by atoms with Crippen molar-refractivity contribution in [3.63, 3.8) is 0 Å². The Labute approximate surface area is 103 Å². The molecule has 0 fully saturated rings. The van der Waals surface area contributed by atoms with Gasteiger partial charge in [0.05, 0.1) is 13.7 Å². The van der Waals surface area contributed by atoms with Crippen LogP contribution in [0.4, 0.5) is 0 Å². The third-order valence-electron chi connectivity index (χ3n) is 2.47. The summed E-state index contributed by atoms with van der Waals surface area (Å²) in [6.45, 7) is 7.10. The first-order chi connectivity index (χ1) is 8.17. The van der Waals surface area contributed by atoms with E-state index in [9.17, 15) is 0 Å². The van der Waals surface area contributed by atoms with Crippen molar-refractivity contribution in [3.05, 3.63) is 35.9 Å². The summed E-state index contributed by atoms with van der Waals surface area (Å²) in [7, 11) is 1.66. The number of ether oxygens (including phenoxy) is 2. The van der Waals surface area contributed by atoms with Gasteiger partial charge in [0.2, 0.25) is 0 Å². The first-order valence-corrected chi connectivity index (χ1v) is 5.81. The molecule has 0 bridgehead atoms. The normalized spacial score (nSPS) is 10.1. The van der Waals surface area contributed by atoms with Gasteiger partial charge in [0.1, 0.15) is 11.5 Å². The van der Waals surface area contributed by atoms with Gasteiger partial charge in [0.15, 0.2) is 0 Å². The first-order valence-electron chi connectivity index (χ1n) is 5.81. The number of benzene rings is 1. The molecule has 0 heterocycles. The maximum absolute atomic E-state index is 5.73. The molecule has 0 aliphatic carbocycles. The van der Waals surface area contributed by atoms with E-state index in [0.717, 1.165) is 35.5 Å². The second kappa shape index (κ2) is 6.97. The molecule has 0 spiro atoms. The Bertz CT molecular complexity index is 374. The summed E-state index contributed by atoms with van der Waals surface area (Å²) in [5.74, 6) is 1.72. The zero-order chi connectivity index (χ0) is 12.7. The Kier molecular flexibility index (Phi) is 5.57. The van der Waals surface area contributed by atoms with Crippen LogP contribution in [0.1, 0.15) is 18.9 Å². The Morgan fingerprint density at radius 3 is 2.76 bits per heavy atom. The average molecular weight is 235 g/mol. The number of hydrogen-bond acceptors (Lipinski definition) is 3. The highest BCUT2D eigenvalue weighted by molar-refractivity contribution is 5.40. The lowest BCUT2D eigenvalue weighted by molar-refractivity contribution is 0.317. The number of nitrogens with two attached hydrogens (primary N) is 1. The number of hydrogen-bond donors (Lipinski definition) is 1. The topological polar surface area (TPSA) is 44.5 Å². The fourth-order valence-corrected chi connectivity index (χ4v) is 1.51. The Hall–Kier alpha value is -1.48. The molecule has 0 amide bonds. The molecule has 0 aliphatic rings. The fraction of sp³-hybridized carbons (Fsp3) is 0.429. The highest BCUT2D eigenvalue weighted by atomic mass is 16.5. The predicted molar refractivity (Wildman–Crippen MR) is 70.7 cm³/mol. The molecule has 0 unspecified atom stereocenters. The van der Waals surface area contributed by atoms with Crippen LogP contribution in [0, 0.1) is 0 Å². The minimum Gasteiger partial charge on any atom is -0.497 e. The summed E-state index contributed by atoms with van der Waals surface area (Å²) in [6.07, 6.45) is 1.66. The zero-order valence-electron chi connectivity index (χ0n) is 10.7. The molecule has 1 rings (SSSR count). The van der Waals surface area contributed by atoms with E-state index in [1.807, 2.05) is 25.1 Å². The lowest BCUT2D eigenvalue weighted by Gasteiger charge is -2.12. The predicted octanol–water partition coefficient (Wildman–Crippen LogP) is 2.54. The molecule has 94 valence electrons. The number of rotatable bonds is 7. The lowest BCUT2D eigenvalue weighted by atomic mass is 10.1. The molecular weight excluding hydrogens is 214 g/mol. The van der Waals surface area contributed by atoms with Crippen LogP contribution in [-0.4, -0.2) is 20.3 Å². The van der Waals surface area contributed by atoms with Crippen molar-refractivity contribution in [2.45, 2.75) is 19.8 Å². The smallest absolute Gasteiger partial charge is 0.122 e. The molecule has 3 nitrogen and oxygen atoms in total. The van der Waals surface area contributed by atoms with E-state index in [2.05, 4.69) is 6.58 Å². The van der Waals surface area contributed by atoms with E-state index in [0.29, 0.717) is 13.2 Å². The van der Waals surface area contributed by atoms with Gasteiger partial charge in [0, 0.05) is 6.42 Å². The molecule has 0 aliphatic heterocycles. The number of methoxy groups -OCH3 is 1. The van der Waals surface area contributed by atoms with Crippen molar-refractivity contribution in [3.8, 4) is 11.5 Å². The standard InChI is InChI=1S/C14H21NO2/c1-11(2)7-9-17-14-5-4-13(16-3)10-12(14)6-8-15/h4-5,10H,1,6-9,15H2,2-3H3. The van der Waals surface area contributed by atoms with Crippen LogP contribution in [0.25, 0.3) is 0 Å². The maximum atomic E-state index is 5.73. The minimum atomic E-state index is 0.601. The Balaban J connectivity index is 2.71. The van der Waals surface area contributed by atoms with Crippen molar-refractivity contribution in [2.24, 2.45) is 5.73 Å². The van der Waals surface area contributed by atoms with Gasteiger partial charge in [0.25, 0.3) is 0 Å². The third-order valence-corrected chi connectivity index (χ3v) is 2.47. The van der Waals surface area contributed by atoms with Crippen LogP contribution in [0.3, 0.4) is 0 Å². The second-order valence-electron chi connectivity index (χ2n) is 4.07. The van der Waals surface area contributed by atoms with Crippen molar-refractivity contribution in [1.82, 2.24) is 0 Å². The monoisotopic (exact) mass is 235 g/mol. The van der Waals surface area contributed by atoms with Gasteiger partial charge in [-0.2, -0.15) is 0 Å². The molecule has 2 N–H and O–H groups in total. The van der Waals surface area contributed by atoms with Crippen LogP contribution in [0.15, 0.2) is 30.4 Å². The summed E-state index contributed by atoms with van der Waals surface area (Å²) in [5.41, 5.74) is 7.80. The van der Waals surface area contributed by atoms with E-state index < -0.39 is 0 Å². The molecular formula is C14H21NO2. The highest BCUT2D eigenvalue weighted by Gasteiger charge is 2.05. The van der Waals surface area contributed by atoms with E-state index in [1.165, 1.54) is 0 Å². The third kappa shape index (κ3) is 4.49. The molecule has 1 aromatic carbocycles. The summed E-state index contributed by atoms with van der Waals surface area (Å²) in [4.78, 5) is 0. The Morgan fingerprint density at radius 2 is 2.18 bits per heavy atom. The average Bonchev–Trinajstić information content (AvgIpc) is 2.31. The Morgan fingerprint density at radius 1 is 1.41 bits per heavy atom. The summed E-state index contributed by atoms with van der Waals surface area (Å²) >= 11 is 0. The van der Waals surface area contributed by atoms with Crippen molar-refractivity contribution in [1.29, 1.82) is 0 Å². The summed E-state index contributed by atoms with van der Waals surface area (Å²) in [5, 5.41) is 0. The molecule has 0 radical (unpaired) electrons. The summed E-state index contributed by atoms with van der Waals surface area (Å²) in [6, 6.07) is 5.81. The van der Waals surface area contributed by atoms with Gasteiger partial charge in [-0.1, -0.05) is 5.57 Å². The van der Waals surface area contributed by atoms with Gasteiger partial charge in [-0.05, 0) is 43.7 Å². The van der Waals surface area contributed by atoms with E-state index >= 15 is 0 Å². The molecule has 0 aromatic heterocycles. The summed E-state index contributed by atoms with van der Waals surface area (Å²) < 4.78 is 10.9.